The van der Waals surface area contributed by atoms with E-state index < -0.39 is 0 Å². The molecule has 4 aromatic rings. The van der Waals surface area contributed by atoms with Crippen LogP contribution in [0.5, 0.6) is 11.5 Å². The van der Waals surface area contributed by atoms with Crippen molar-refractivity contribution < 1.29 is 4.74 Å². The number of ether oxygens (including phenoxy) is 1. The normalized spacial score (nSPS) is 10.8. The zero-order valence-electron chi connectivity index (χ0n) is 14.7. The summed E-state index contributed by atoms with van der Waals surface area (Å²) in [5.41, 5.74) is 3.86. The summed E-state index contributed by atoms with van der Waals surface area (Å²) in [5.74, 6) is 1.64. The first-order valence-corrected chi connectivity index (χ1v) is 8.77. The highest BCUT2D eigenvalue weighted by Crippen LogP contribution is 2.28. The third-order valence-electron chi connectivity index (χ3n) is 4.05. The van der Waals surface area contributed by atoms with Crippen molar-refractivity contribution in [3.8, 4) is 22.6 Å². The molecule has 4 aromatic carbocycles. The number of benzene rings is 4. The van der Waals surface area contributed by atoms with Gasteiger partial charge in [-0.25, -0.2) is 0 Å². The van der Waals surface area contributed by atoms with Crippen molar-refractivity contribution in [2.45, 2.75) is 0 Å². The Kier molecular flexibility index (Phi) is 5.02. The van der Waals surface area contributed by atoms with E-state index >= 15 is 0 Å². The predicted molar refractivity (Wildman–Crippen MR) is 109 cm³/mol. The zero-order valence-corrected chi connectivity index (χ0v) is 14.7. The van der Waals surface area contributed by atoms with E-state index in [0.717, 1.165) is 34.0 Å². The fraction of sp³-hybridized carbons (Fsp3) is 0. The van der Waals surface area contributed by atoms with Crippen molar-refractivity contribution >= 4 is 11.4 Å². The first kappa shape index (κ1) is 16.7. The molecule has 130 valence electrons. The molecule has 0 amide bonds. The van der Waals surface area contributed by atoms with Crippen LogP contribution in [0.15, 0.2) is 119 Å². The Bertz CT molecular complexity index is 1030. The molecule has 0 heterocycles. The molecule has 27 heavy (non-hydrogen) atoms. The Morgan fingerprint density at radius 2 is 1.04 bits per heavy atom. The van der Waals surface area contributed by atoms with Gasteiger partial charge in [0.2, 0.25) is 0 Å². The molecule has 0 aliphatic heterocycles. The molecule has 3 nitrogen and oxygen atoms in total. The standard InChI is InChI=1S/C24H18N2O/c1-3-9-21(10-4-1)25-26-22-16-14-19(15-17-22)20-8-7-13-24(18-20)27-23-11-5-2-6-12-23/h1-18H. The fourth-order valence-electron chi connectivity index (χ4n) is 2.69. The van der Waals surface area contributed by atoms with Gasteiger partial charge in [-0.1, -0.05) is 60.7 Å². The molecule has 0 aliphatic rings. The Hall–Kier alpha value is -3.72. The van der Waals surface area contributed by atoms with Gasteiger partial charge in [0, 0.05) is 0 Å². The van der Waals surface area contributed by atoms with Gasteiger partial charge in [0.15, 0.2) is 0 Å². The number of rotatable bonds is 5. The van der Waals surface area contributed by atoms with Gasteiger partial charge < -0.3 is 4.74 Å². The molecule has 0 atom stereocenters. The Morgan fingerprint density at radius 1 is 0.444 bits per heavy atom. The van der Waals surface area contributed by atoms with Gasteiger partial charge >= 0.3 is 0 Å². The predicted octanol–water partition coefficient (Wildman–Crippen LogP) is 7.56. The first-order chi connectivity index (χ1) is 13.4. The fourth-order valence-corrected chi connectivity index (χ4v) is 2.69. The number of hydrogen-bond acceptors (Lipinski definition) is 3. The van der Waals surface area contributed by atoms with Gasteiger partial charge in [-0.15, -0.1) is 0 Å². The van der Waals surface area contributed by atoms with E-state index in [1.54, 1.807) is 0 Å². The minimum atomic E-state index is 0.812. The van der Waals surface area contributed by atoms with Gasteiger partial charge in [-0.05, 0) is 59.7 Å². The van der Waals surface area contributed by atoms with Crippen LogP contribution in [0, 0.1) is 0 Å². The van der Waals surface area contributed by atoms with Crippen molar-refractivity contribution in [3.05, 3.63) is 109 Å². The van der Waals surface area contributed by atoms with Gasteiger partial charge in [-0.3, -0.25) is 0 Å². The van der Waals surface area contributed by atoms with Gasteiger partial charge in [0.05, 0.1) is 11.4 Å². The van der Waals surface area contributed by atoms with E-state index in [2.05, 4.69) is 16.3 Å². The highest BCUT2D eigenvalue weighted by atomic mass is 16.5. The van der Waals surface area contributed by atoms with Gasteiger partial charge in [0.25, 0.3) is 0 Å². The van der Waals surface area contributed by atoms with Crippen molar-refractivity contribution in [3.63, 3.8) is 0 Å². The van der Waals surface area contributed by atoms with Crippen LogP contribution in [-0.4, -0.2) is 0 Å². The van der Waals surface area contributed by atoms with E-state index in [4.69, 9.17) is 4.74 Å². The largest absolute Gasteiger partial charge is 0.457 e. The second kappa shape index (κ2) is 8.11. The highest BCUT2D eigenvalue weighted by molar-refractivity contribution is 5.67. The molecule has 0 radical (unpaired) electrons. The SMILES string of the molecule is c1ccc(N=Nc2ccc(-c3cccc(Oc4ccccc4)c3)cc2)cc1. The van der Waals surface area contributed by atoms with Crippen molar-refractivity contribution in [1.82, 2.24) is 0 Å². The lowest BCUT2D eigenvalue weighted by molar-refractivity contribution is 0.483. The van der Waals surface area contributed by atoms with E-state index in [1.165, 1.54) is 0 Å². The summed E-state index contributed by atoms with van der Waals surface area (Å²) in [6, 6.07) is 35.6. The summed E-state index contributed by atoms with van der Waals surface area (Å²) in [4.78, 5) is 0. The van der Waals surface area contributed by atoms with Crippen LogP contribution in [0.1, 0.15) is 0 Å². The Balaban J connectivity index is 1.50. The van der Waals surface area contributed by atoms with Crippen LogP contribution >= 0.6 is 0 Å². The number of hydrogen-bond donors (Lipinski definition) is 0. The zero-order chi connectivity index (χ0) is 18.3. The third-order valence-corrected chi connectivity index (χ3v) is 4.05. The van der Waals surface area contributed by atoms with Crippen LogP contribution in [0.25, 0.3) is 11.1 Å². The molecule has 3 heteroatoms. The summed E-state index contributed by atoms with van der Waals surface area (Å²) in [7, 11) is 0. The van der Waals surface area contributed by atoms with Crippen LogP contribution in [0.3, 0.4) is 0 Å². The average molecular weight is 350 g/mol. The highest BCUT2D eigenvalue weighted by Gasteiger charge is 2.02. The van der Waals surface area contributed by atoms with Crippen LogP contribution < -0.4 is 4.74 Å². The molecule has 0 aromatic heterocycles. The van der Waals surface area contributed by atoms with Crippen LogP contribution in [0.4, 0.5) is 11.4 Å². The van der Waals surface area contributed by atoms with Crippen molar-refractivity contribution in [2.75, 3.05) is 0 Å². The molecule has 0 fully saturated rings. The van der Waals surface area contributed by atoms with E-state index in [9.17, 15) is 0 Å². The molecular weight excluding hydrogens is 332 g/mol. The number of nitrogens with zero attached hydrogens (tertiary/aromatic N) is 2. The minimum absolute atomic E-state index is 0.812. The Morgan fingerprint density at radius 3 is 1.74 bits per heavy atom. The smallest absolute Gasteiger partial charge is 0.128 e. The molecule has 0 saturated carbocycles. The van der Waals surface area contributed by atoms with Crippen molar-refractivity contribution in [1.29, 1.82) is 0 Å². The topological polar surface area (TPSA) is 34.0 Å². The maximum atomic E-state index is 5.92. The van der Waals surface area contributed by atoms with Gasteiger partial charge in [-0.2, -0.15) is 10.2 Å². The molecule has 0 unspecified atom stereocenters. The van der Waals surface area contributed by atoms with Crippen LogP contribution in [0.2, 0.25) is 0 Å². The molecule has 4 rings (SSSR count). The minimum Gasteiger partial charge on any atom is -0.457 e. The number of azo groups is 1. The van der Waals surface area contributed by atoms with Crippen LogP contribution in [-0.2, 0) is 0 Å². The summed E-state index contributed by atoms with van der Waals surface area (Å²) in [5, 5.41) is 8.53. The van der Waals surface area contributed by atoms with E-state index in [-0.39, 0.29) is 0 Å². The third kappa shape index (κ3) is 4.47. The molecule has 0 bridgehead atoms. The molecule has 0 aliphatic carbocycles. The molecule has 0 saturated heterocycles. The summed E-state index contributed by atoms with van der Waals surface area (Å²) < 4.78 is 5.92. The average Bonchev–Trinajstić information content (AvgIpc) is 2.74. The first-order valence-electron chi connectivity index (χ1n) is 8.77. The maximum Gasteiger partial charge on any atom is 0.128 e. The van der Waals surface area contributed by atoms with Gasteiger partial charge in [0.1, 0.15) is 11.5 Å². The molecule has 0 spiro atoms. The van der Waals surface area contributed by atoms with Crippen molar-refractivity contribution in [2.24, 2.45) is 10.2 Å². The Labute approximate surface area is 158 Å². The second-order valence-electron chi connectivity index (χ2n) is 6.03. The maximum absolute atomic E-state index is 5.92. The lowest BCUT2D eigenvalue weighted by Gasteiger charge is -2.08. The second-order valence-corrected chi connectivity index (χ2v) is 6.03. The summed E-state index contributed by atoms with van der Waals surface area (Å²) in [6.45, 7) is 0. The monoisotopic (exact) mass is 350 g/mol. The van der Waals surface area contributed by atoms with E-state index in [0.29, 0.717) is 0 Å². The summed E-state index contributed by atoms with van der Waals surface area (Å²) in [6.07, 6.45) is 0. The summed E-state index contributed by atoms with van der Waals surface area (Å²) >= 11 is 0. The van der Waals surface area contributed by atoms with E-state index in [1.807, 2.05) is 103 Å². The lowest BCUT2D eigenvalue weighted by atomic mass is 10.1. The quantitative estimate of drug-likeness (QED) is 0.342. The number of para-hydroxylation sites is 1. The lowest BCUT2D eigenvalue weighted by Crippen LogP contribution is -1.84. The molecular formula is C24H18N2O. The molecule has 0 N–H and O–H groups in total.